The zero-order valence-corrected chi connectivity index (χ0v) is 44.9. The number of amides is 4. The lowest BCUT2D eigenvalue weighted by molar-refractivity contribution is -0.141. The van der Waals surface area contributed by atoms with E-state index in [1.807, 2.05) is 43.9 Å². The molecule has 3 aromatic heterocycles. The lowest BCUT2D eigenvalue weighted by Gasteiger charge is -2.35. The van der Waals surface area contributed by atoms with E-state index in [0.29, 0.717) is 54.8 Å². The lowest BCUT2D eigenvalue weighted by Crippen LogP contribution is -2.48. The molecule has 0 radical (unpaired) electrons. The van der Waals surface area contributed by atoms with Gasteiger partial charge < -0.3 is 54.4 Å². The van der Waals surface area contributed by atoms with Crippen LogP contribution in [0.5, 0.6) is 11.5 Å². The number of rotatable bonds is 21. The SMILES string of the molecule is C=CC(=O)N1CCN(c2nc(NCCC(=O)N(C)CCOCCOc3cc(-c4scnc4C)ccc3CNC(=O)[C@@H]3C[C@@H](O)CN3C(=O)C(c3cc(C)no3)C(C)C)nc3c(F)c(-c4c(O)cccc4F)c(Cl)cc23)CC1. The molecule has 6 aromatic rings. The first kappa shape index (κ1) is 55.9. The summed E-state index contributed by atoms with van der Waals surface area (Å²) in [6, 6.07) is 11.5. The zero-order valence-electron chi connectivity index (χ0n) is 43.4. The van der Waals surface area contributed by atoms with E-state index in [1.165, 1.54) is 45.4 Å². The van der Waals surface area contributed by atoms with Gasteiger partial charge in [0, 0.05) is 94.8 Å². The minimum atomic E-state index is -0.982. The van der Waals surface area contributed by atoms with Gasteiger partial charge in [-0.15, -0.1) is 11.3 Å². The van der Waals surface area contributed by atoms with Gasteiger partial charge in [0.2, 0.25) is 29.6 Å². The van der Waals surface area contributed by atoms with Crippen molar-refractivity contribution < 1.29 is 52.2 Å². The third-order valence-electron chi connectivity index (χ3n) is 13.6. The summed E-state index contributed by atoms with van der Waals surface area (Å²) < 4.78 is 49.3. The van der Waals surface area contributed by atoms with Gasteiger partial charge in [-0.1, -0.05) is 55.4 Å². The molecule has 0 bridgehead atoms. The quantitative estimate of drug-likeness (QED) is 0.0426. The second-order valence-electron chi connectivity index (χ2n) is 19.2. The van der Waals surface area contributed by atoms with Gasteiger partial charge in [-0.05, 0) is 55.7 Å². The van der Waals surface area contributed by atoms with Crippen LogP contribution in [0.2, 0.25) is 5.02 Å². The van der Waals surface area contributed by atoms with Crippen LogP contribution < -0.4 is 20.3 Å². The molecule has 1 unspecified atom stereocenters. The normalized spacial score (nSPS) is 16.0. The number of aliphatic hydroxyl groups is 1. The first-order valence-corrected chi connectivity index (χ1v) is 26.4. The summed E-state index contributed by atoms with van der Waals surface area (Å²) in [5.41, 5.74) is 3.80. The second kappa shape index (κ2) is 24.8. The van der Waals surface area contributed by atoms with Gasteiger partial charge in [-0.25, -0.2) is 18.7 Å². The number of carbonyl (C=O) groups is 4. The first-order chi connectivity index (χ1) is 36.9. The Kier molecular flexibility index (Phi) is 18.0. The van der Waals surface area contributed by atoms with Crippen molar-refractivity contribution in [3.63, 3.8) is 0 Å². The number of nitrogens with zero attached hydrogens (tertiary/aromatic N) is 8. The minimum absolute atomic E-state index is 0.00152. The number of aliphatic hydroxyl groups excluding tert-OH is 1. The van der Waals surface area contributed by atoms with Gasteiger partial charge >= 0.3 is 0 Å². The van der Waals surface area contributed by atoms with Crippen LogP contribution in [-0.2, 0) is 30.5 Å². The maximum atomic E-state index is 16.6. The molecule has 0 aliphatic carbocycles. The van der Waals surface area contributed by atoms with Crippen molar-refractivity contribution in [3.05, 3.63) is 106 Å². The second-order valence-corrected chi connectivity index (χ2v) is 20.5. The van der Waals surface area contributed by atoms with Crippen LogP contribution in [0.25, 0.3) is 32.5 Å². The summed E-state index contributed by atoms with van der Waals surface area (Å²) in [6.07, 6.45) is 0.439. The number of hydrogen-bond donors (Lipinski definition) is 4. The summed E-state index contributed by atoms with van der Waals surface area (Å²) in [6.45, 7) is 13.2. The molecule has 0 spiro atoms. The molecule has 77 heavy (non-hydrogen) atoms. The molecule has 8 rings (SSSR count). The van der Waals surface area contributed by atoms with E-state index in [1.54, 1.807) is 30.4 Å². The van der Waals surface area contributed by atoms with Crippen molar-refractivity contribution in [2.24, 2.45) is 5.92 Å². The van der Waals surface area contributed by atoms with Crippen LogP contribution in [0.3, 0.4) is 0 Å². The number of halogens is 3. The molecule has 3 aromatic carbocycles. The summed E-state index contributed by atoms with van der Waals surface area (Å²) in [7, 11) is 1.64. The molecule has 2 saturated heterocycles. The minimum Gasteiger partial charge on any atom is -0.507 e. The fourth-order valence-corrected chi connectivity index (χ4v) is 10.6. The van der Waals surface area contributed by atoms with Gasteiger partial charge in [0.05, 0.1) is 51.7 Å². The monoisotopic (exact) mass is 1100 g/mol. The van der Waals surface area contributed by atoms with Crippen molar-refractivity contribution >= 4 is 69.2 Å². The van der Waals surface area contributed by atoms with Gasteiger partial charge in [0.1, 0.15) is 53.0 Å². The number of aryl methyl sites for hydroxylation is 2. The van der Waals surface area contributed by atoms with E-state index in [4.69, 9.17) is 30.6 Å². The Morgan fingerprint density at radius 3 is 2.51 bits per heavy atom. The predicted octanol–water partition coefficient (Wildman–Crippen LogP) is 6.87. The zero-order chi connectivity index (χ0) is 55.1. The first-order valence-electron chi connectivity index (χ1n) is 25.2. The maximum Gasteiger partial charge on any atom is 0.246 e. The number of likely N-dealkylation sites (tertiary alicyclic amines) is 1. The van der Waals surface area contributed by atoms with Crippen molar-refractivity contribution in [1.29, 1.82) is 0 Å². The number of likely N-dealkylation sites (N-methyl/N-ethyl adjacent to an activating group) is 1. The van der Waals surface area contributed by atoms with Crippen LogP contribution in [-0.4, -0.2) is 153 Å². The van der Waals surface area contributed by atoms with Gasteiger partial charge in [-0.2, -0.15) is 4.98 Å². The molecule has 2 fully saturated rings. The van der Waals surface area contributed by atoms with Crippen LogP contribution in [0, 0.1) is 31.4 Å². The number of aromatic hydroxyl groups is 1. The Morgan fingerprint density at radius 1 is 1.04 bits per heavy atom. The number of ether oxygens (including phenoxy) is 2. The number of piperazine rings is 1. The molecular weight excluding hydrogens is 1040 g/mol. The number of fused-ring (bicyclic) bond motifs is 1. The molecule has 2 aliphatic rings. The summed E-state index contributed by atoms with van der Waals surface area (Å²) in [5.74, 6) is -3.23. The largest absolute Gasteiger partial charge is 0.507 e. The third kappa shape index (κ3) is 12.8. The molecule has 4 N–H and O–H groups in total. The van der Waals surface area contributed by atoms with Crippen molar-refractivity contribution in [1.82, 2.24) is 40.1 Å². The van der Waals surface area contributed by atoms with Crippen molar-refractivity contribution in [2.45, 2.75) is 65.1 Å². The Labute approximate surface area is 452 Å². The summed E-state index contributed by atoms with van der Waals surface area (Å²) in [4.78, 5) is 74.3. The van der Waals surface area contributed by atoms with E-state index in [0.717, 1.165) is 22.2 Å². The van der Waals surface area contributed by atoms with E-state index in [-0.39, 0.29) is 110 Å². The fraction of sp³-hybridized carbons (Fsp3) is 0.407. The molecular formula is C54H61ClF2N10O9S. The number of hydrogen-bond acceptors (Lipinski definition) is 16. The van der Waals surface area contributed by atoms with Crippen LogP contribution in [0.1, 0.15) is 55.3 Å². The molecule has 3 atom stereocenters. The number of carbonyl (C=O) groups excluding carboxylic acids is 4. The topological polar surface area (TPSA) is 229 Å². The van der Waals surface area contributed by atoms with E-state index >= 15 is 8.78 Å². The molecule has 19 nitrogen and oxygen atoms in total. The van der Waals surface area contributed by atoms with Crippen LogP contribution >= 0.6 is 22.9 Å². The summed E-state index contributed by atoms with van der Waals surface area (Å²) in [5, 5.41) is 31.2. The van der Waals surface area contributed by atoms with Crippen molar-refractivity contribution in [3.8, 4) is 33.1 Å². The number of β-amino-alcohol motifs (C(OH)–C–C–N with tert-alkyl or cyclic N) is 1. The average molecular weight is 1100 g/mol. The van der Waals surface area contributed by atoms with Crippen LogP contribution in [0.4, 0.5) is 20.5 Å². The van der Waals surface area contributed by atoms with Crippen molar-refractivity contribution in [2.75, 3.05) is 82.9 Å². The van der Waals surface area contributed by atoms with Gasteiger partial charge in [0.25, 0.3) is 0 Å². The Morgan fingerprint density at radius 2 is 1.82 bits per heavy atom. The summed E-state index contributed by atoms with van der Waals surface area (Å²) >= 11 is 8.09. The Hall–Kier alpha value is -7.27. The number of nitrogens with one attached hydrogen (secondary N) is 2. The molecule has 23 heteroatoms. The van der Waals surface area contributed by atoms with E-state index in [9.17, 15) is 29.4 Å². The number of anilines is 2. The Bertz CT molecular complexity index is 3130. The molecule has 2 aliphatic heterocycles. The Balaban J connectivity index is 0.865. The third-order valence-corrected chi connectivity index (χ3v) is 14.8. The highest BCUT2D eigenvalue weighted by atomic mass is 35.5. The highest BCUT2D eigenvalue weighted by Crippen LogP contribution is 2.43. The molecule has 4 amide bonds. The van der Waals surface area contributed by atoms with E-state index in [2.05, 4.69) is 32.3 Å². The average Bonchev–Trinajstić information content (AvgIpc) is 4.21. The highest BCUT2D eigenvalue weighted by molar-refractivity contribution is 7.13. The molecule has 0 saturated carbocycles. The number of phenols is 1. The maximum absolute atomic E-state index is 16.6. The van der Waals surface area contributed by atoms with Gasteiger partial charge in [-0.3, -0.25) is 19.2 Å². The number of thiazole rings is 1. The lowest BCUT2D eigenvalue weighted by atomic mass is 9.91. The van der Waals surface area contributed by atoms with E-state index < -0.39 is 46.9 Å². The van der Waals surface area contributed by atoms with Gasteiger partial charge in [0.15, 0.2) is 5.82 Å². The fourth-order valence-electron chi connectivity index (χ4n) is 9.47. The molecule has 5 heterocycles. The predicted molar refractivity (Wildman–Crippen MR) is 287 cm³/mol. The smallest absolute Gasteiger partial charge is 0.246 e. The number of phenolic OH excluding ortho intramolecular Hbond substituents is 1. The van der Waals surface area contributed by atoms with Crippen LogP contribution in [0.15, 0.2) is 71.2 Å². The highest BCUT2D eigenvalue weighted by Gasteiger charge is 2.43. The number of benzene rings is 3. The standard InChI is InChI=1S/C54H61ClF2N10O9S/c1-7-43(70)65-15-17-66(18-16-65)51-36-26-37(55)46(47-38(56)9-8-10-40(47)69)48(57)49(36)61-54(62-51)58-14-13-44(71)64(6)19-20-74-21-22-75-41-24-33(50-32(5)60-29-77-50)11-12-34(41)27-59-52(72)39-25-35(68)28-67(39)53(73)45(30(2)3)42-23-31(4)63-76-42/h7-12,23-24,26,29-30,35,39,45,68-69H,1,13-22,25,27-28H2,2-6H3,(H,59,72)(H,58,61,62)/t35-,39+,45?/m1/s1. The number of aromatic nitrogens is 4. The molecule has 408 valence electrons.